The average Bonchev–Trinajstić information content (AvgIpc) is 2.97. The van der Waals surface area contributed by atoms with Crippen LogP contribution in [-0.4, -0.2) is 62.9 Å². The number of likely N-dealkylation sites (tertiary alicyclic amines) is 2. The molecule has 0 unspecified atom stereocenters. The van der Waals surface area contributed by atoms with Gasteiger partial charge >= 0.3 is 0 Å². The Kier molecular flexibility index (Phi) is 7.75. The highest BCUT2D eigenvalue weighted by atomic mass is 15.4. The molecule has 3 rings (SSSR count). The molecule has 0 bridgehead atoms. The molecule has 0 saturated carbocycles. The number of nitrogens with zero attached hydrogens (tertiary/aromatic N) is 5. The van der Waals surface area contributed by atoms with Crippen LogP contribution in [0.15, 0.2) is 0 Å². The Morgan fingerprint density at radius 1 is 0.857 bits per heavy atom. The van der Waals surface area contributed by atoms with E-state index in [2.05, 4.69) is 47.7 Å². The van der Waals surface area contributed by atoms with Crippen LogP contribution < -0.4 is 5.84 Å². The van der Waals surface area contributed by atoms with Gasteiger partial charge in [0.25, 0.3) is 0 Å². The second-order valence-electron chi connectivity index (χ2n) is 9.68. The third-order valence-electron chi connectivity index (χ3n) is 6.85. The first-order valence-electron chi connectivity index (χ1n) is 11.6. The molecule has 2 N–H and O–H groups in total. The fourth-order valence-electron chi connectivity index (χ4n) is 5.47. The maximum atomic E-state index is 6.30. The normalized spacial score (nSPS) is 30.0. The molecule has 4 atom stereocenters. The molecule has 1 aromatic rings. The third-order valence-corrected chi connectivity index (χ3v) is 6.85. The molecule has 0 radical (unpaired) electrons. The van der Waals surface area contributed by atoms with Gasteiger partial charge in [0.1, 0.15) is 0 Å². The summed E-state index contributed by atoms with van der Waals surface area (Å²) >= 11 is 0. The van der Waals surface area contributed by atoms with Crippen molar-refractivity contribution >= 4 is 0 Å². The average molecular weight is 391 g/mol. The molecular formula is C22H42N6. The molecule has 2 saturated heterocycles. The Morgan fingerprint density at radius 2 is 1.39 bits per heavy atom. The zero-order valence-electron chi connectivity index (χ0n) is 18.6. The highest BCUT2D eigenvalue weighted by Gasteiger charge is 2.24. The van der Waals surface area contributed by atoms with Crippen LogP contribution in [0.3, 0.4) is 0 Å². The van der Waals surface area contributed by atoms with Gasteiger partial charge in [-0.25, -0.2) is 4.68 Å². The molecule has 0 spiro atoms. The first-order chi connectivity index (χ1) is 13.4. The van der Waals surface area contributed by atoms with E-state index in [-0.39, 0.29) is 0 Å². The van der Waals surface area contributed by atoms with Gasteiger partial charge in [-0.3, -0.25) is 4.90 Å². The molecule has 2 fully saturated rings. The predicted molar refractivity (Wildman–Crippen MR) is 116 cm³/mol. The molecule has 6 nitrogen and oxygen atoms in total. The Balaban J connectivity index is 1.41. The second kappa shape index (κ2) is 10.1. The van der Waals surface area contributed by atoms with Crippen molar-refractivity contribution in [3.8, 4) is 0 Å². The lowest BCUT2D eigenvalue weighted by Gasteiger charge is -2.39. The van der Waals surface area contributed by atoms with Crippen molar-refractivity contribution in [3.63, 3.8) is 0 Å². The molecule has 160 valence electrons. The van der Waals surface area contributed by atoms with Gasteiger partial charge < -0.3 is 10.7 Å². The molecule has 2 aliphatic heterocycles. The van der Waals surface area contributed by atoms with E-state index in [4.69, 9.17) is 5.84 Å². The zero-order chi connectivity index (χ0) is 20.1. The summed E-state index contributed by atoms with van der Waals surface area (Å²) in [5.74, 6) is 9.82. The van der Waals surface area contributed by atoms with Crippen LogP contribution in [0.4, 0.5) is 0 Å². The quantitative estimate of drug-likeness (QED) is 0.691. The molecule has 1 aromatic heterocycles. The summed E-state index contributed by atoms with van der Waals surface area (Å²) in [6.07, 6.45) is 9.45. The van der Waals surface area contributed by atoms with E-state index in [0.717, 1.165) is 62.3 Å². The van der Waals surface area contributed by atoms with E-state index in [1.54, 1.807) is 4.68 Å². The SMILES string of the molecule is C[C@@H]1C[C@@H](C)CN(CCCc2nnc(CCCN3[C@H](C)CCC[C@@H]3C)n2N)C1. The van der Waals surface area contributed by atoms with Gasteiger partial charge in [0.15, 0.2) is 11.6 Å². The van der Waals surface area contributed by atoms with Crippen molar-refractivity contribution in [1.29, 1.82) is 0 Å². The van der Waals surface area contributed by atoms with Gasteiger partial charge in [-0.05, 0) is 70.9 Å². The number of aryl methyl sites for hydroxylation is 2. The summed E-state index contributed by atoms with van der Waals surface area (Å²) in [5.41, 5.74) is 0. The first kappa shape index (κ1) is 21.6. The van der Waals surface area contributed by atoms with Crippen LogP contribution in [0, 0.1) is 11.8 Å². The minimum absolute atomic E-state index is 0.704. The van der Waals surface area contributed by atoms with Gasteiger partial charge in [0.05, 0.1) is 0 Å². The zero-order valence-corrected chi connectivity index (χ0v) is 18.6. The van der Waals surface area contributed by atoms with Gasteiger partial charge in [-0.1, -0.05) is 20.3 Å². The van der Waals surface area contributed by atoms with Gasteiger partial charge in [-0.15, -0.1) is 10.2 Å². The number of nitrogen functional groups attached to an aromatic ring is 1. The van der Waals surface area contributed by atoms with E-state index in [0.29, 0.717) is 12.1 Å². The highest BCUT2D eigenvalue weighted by molar-refractivity contribution is 4.97. The Labute approximate surface area is 171 Å². The Bertz CT molecular complexity index is 580. The summed E-state index contributed by atoms with van der Waals surface area (Å²) in [7, 11) is 0. The second-order valence-corrected chi connectivity index (χ2v) is 9.68. The number of rotatable bonds is 8. The van der Waals surface area contributed by atoms with Crippen molar-refractivity contribution in [3.05, 3.63) is 11.6 Å². The van der Waals surface area contributed by atoms with Crippen molar-refractivity contribution in [2.24, 2.45) is 11.8 Å². The van der Waals surface area contributed by atoms with Crippen LogP contribution in [0.25, 0.3) is 0 Å². The maximum absolute atomic E-state index is 6.30. The minimum atomic E-state index is 0.704. The lowest BCUT2D eigenvalue weighted by atomic mass is 9.92. The molecule has 28 heavy (non-hydrogen) atoms. The van der Waals surface area contributed by atoms with Crippen molar-refractivity contribution in [1.82, 2.24) is 24.7 Å². The van der Waals surface area contributed by atoms with E-state index < -0.39 is 0 Å². The van der Waals surface area contributed by atoms with Crippen LogP contribution in [0.1, 0.15) is 77.9 Å². The fraction of sp³-hybridized carbons (Fsp3) is 0.909. The van der Waals surface area contributed by atoms with Crippen molar-refractivity contribution in [2.75, 3.05) is 32.0 Å². The standard InChI is InChI=1S/C22H42N6/c1-17-14-18(2)16-26(15-17)12-6-10-21-24-25-22(28(21)23)11-7-13-27-19(3)8-5-9-20(27)4/h17-20H,5-16,23H2,1-4H3/t17-,18-,19-,20+/m1/s1. The Hall–Kier alpha value is -1.14. The van der Waals surface area contributed by atoms with Crippen LogP contribution in [0.2, 0.25) is 0 Å². The molecule has 2 aliphatic rings. The van der Waals surface area contributed by atoms with E-state index in [1.807, 2.05) is 0 Å². The predicted octanol–water partition coefficient (Wildman–Crippen LogP) is 3.10. The van der Waals surface area contributed by atoms with Crippen LogP contribution >= 0.6 is 0 Å². The summed E-state index contributed by atoms with van der Waals surface area (Å²) < 4.78 is 1.75. The minimum Gasteiger partial charge on any atom is -0.336 e. The first-order valence-corrected chi connectivity index (χ1v) is 11.6. The largest absolute Gasteiger partial charge is 0.336 e. The van der Waals surface area contributed by atoms with E-state index >= 15 is 0 Å². The summed E-state index contributed by atoms with van der Waals surface area (Å²) in [4.78, 5) is 5.26. The van der Waals surface area contributed by atoms with E-state index in [1.165, 1.54) is 38.8 Å². The molecule has 0 aliphatic carbocycles. The summed E-state index contributed by atoms with van der Waals surface area (Å²) in [5, 5.41) is 8.76. The summed E-state index contributed by atoms with van der Waals surface area (Å²) in [6, 6.07) is 1.41. The highest BCUT2D eigenvalue weighted by Crippen LogP contribution is 2.23. The molecule has 0 aromatic carbocycles. The summed E-state index contributed by atoms with van der Waals surface area (Å²) in [6.45, 7) is 14.2. The lowest BCUT2D eigenvalue weighted by molar-refractivity contribution is 0.102. The van der Waals surface area contributed by atoms with Crippen molar-refractivity contribution in [2.45, 2.75) is 91.1 Å². The number of hydrogen-bond acceptors (Lipinski definition) is 5. The molecule has 0 amide bonds. The van der Waals surface area contributed by atoms with Gasteiger partial charge in [0, 0.05) is 38.0 Å². The Morgan fingerprint density at radius 3 is 1.96 bits per heavy atom. The number of nitrogens with two attached hydrogens (primary N) is 1. The smallest absolute Gasteiger partial charge is 0.151 e. The topological polar surface area (TPSA) is 63.2 Å². The van der Waals surface area contributed by atoms with Gasteiger partial charge in [0.2, 0.25) is 0 Å². The van der Waals surface area contributed by atoms with Crippen LogP contribution in [-0.2, 0) is 12.8 Å². The number of hydrogen-bond donors (Lipinski definition) is 1. The molecular weight excluding hydrogens is 348 g/mol. The number of piperidine rings is 2. The van der Waals surface area contributed by atoms with Crippen LogP contribution in [0.5, 0.6) is 0 Å². The third kappa shape index (κ3) is 5.69. The molecule has 6 heteroatoms. The fourth-order valence-corrected chi connectivity index (χ4v) is 5.47. The maximum Gasteiger partial charge on any atom is 0.151 e. The van der Waals surface area contributed by atoms with E-state index in [9.17, 15) is 0 Å². The lowest BCUT2D eigenvalue weighted by Crippen LogP contribution is -2.44. The van der Waals surface area contributed by atoms with Gasteiger partial charge in [-0.2, -0.15) is 0 Å². The molecule has 3 heterocycles. The monoisotopic (exact) mass is 390 g/mol. The number of aromatic nitrogens is 3. The van der Waals surface area contributed by atoms with Crippen molar-refractivity contribution < 1.29 is 0 Å².